The van der Waals surface area contributed by atoms with Gasteiger partial charge in [0, 0.05) is 16.3 Å². The second kappa shape index (κ2) is 9.25. The van der Waals surface area contributed by atoms with E-state index in [1.165, 1.54) is 12.1 Å². The molecule has 2 heterocycles. The number of allylic oxidation sites excluding steroid dienone is 1. The number of halogens is 3. The van der Waals surface area contributed by atoms with Gasteiger partial charge in [-0.3, -0.25) is 4.57 Å². The molecule has 34 heavy (non-hydrogen) atoms. The number of anilines is 1. The summed E-state index contributed by atoms with van der Waals surface area (Å²) < 4.78 is 39.2. The molecule has 1 fully saturated rings. The lowest BCUT2D eigenvalue weighted by Crippen LogP contribution is -2.31. The Labute approximate surface area is 200 Å². The van der Waals surface area contributed by atoms with Crippen molar-refractivity contribution in [3.63, 3.8) is 0 Å². The van der Waals surface area contributed by atoms with Crippen molar-refractivity contribution in [3.05, 3.63) is 64.3 Å². The summed E-state index contributed by atoms with van der Waals surface area (Å²) >= 11 is 6.30. The predicted molar refractivity (Wildman–Crippen MR) is 125 cm³/mol. The predicted octanol–water partition coefficient (Wildman–Crippen LogP) is 6.46. The summed E-state index contributed by atoms with van der Waals surface area (Å²) in [6.45, 7) is -1.28. The van der Waals surface area contributed by atoms with Crippen molar-refractivity contribution in [3.8, 4) is 5.75 Å². The molecule has 1 saturated carbocycles. The molecule has 9 heteroatoms. The second-order valence-corrected chi connectivity index (χ2v) is 9.02. The lowest BCUT2D eigenvalue weighted by molar-refractivity contribution is -0.146. The van der Waals surface area contributed by atoms with E-state index in [1.54, 1.807) is 13.0 Å². The molecule has 2 aliphatic rings. The summed E-state index contributed by atoms with van der Waals surface area (Å²) in [6, 6.07) is 11.0. The molecule has 5 rings (SSSR count). The zero-order valence-electron chi connectivity index (χ0n) is 18.6. The Hall–Kier alpha value is -3.13. The van der Waals surface area contributed by atoms with E-state index in [0.29, 0.717) is 33.3 Å². The first-order chi connectivity index (χ1) is 16.4. The molecule has 0 amide bonds. The van der Waals surface area contributed by atoms with E-state index >= 15 is 0 Å². The zero-order valence-corrected chi connectivity index (χ0v) is 19.3. The number of rotatable bonds is 5. The molecule has 0 bridgehead atoms. The van der Waals surface area contributed by atoms with Crippen LogP contribution in [0.25, 0.3) is 11.0 Å². The van der Waals surface area contributed by atoms with E-state index in [9.17, 15) is 13.6 Å². The Morgan fingerprint density at radius 3 is 2.71 bits per heavy atom. The molecule has 178 valence electrons. The first kappa shape index (κ1) is 22.7. The molecule has 0 saturated heterocycles. The van der Waals surface area contributed by atoms with Gasteiger partial charge in [0.05, 0.1) is 22.6 Å². The standard InChI is InChI=1S/C25H24ClF2N3O3/c1-14-21(23(32)33-16-7-3-2-4-8-16)22(17-13-15(26)11-12-20(17)34-24(27)28)31-19-10-6-5-9-18(19)30-25(31)29-14/h5-6,9-13,16,22,24H,2-4,7-8H2,1H3,(H,29,30)/t22-/m1/s1. The number of imidazole rings is 1. The molecule has 0 spiro atoms. The van der Waals surface area contributed by atoms with Crippen LogP contribution in [-0.4, -0.2) is 28.2 Å². The van der Waals surface area contributed by atoms with E-state index in [2.05, 4.69) is 10.3 Å². The van der Waals surface area contributed by atoms with Gasteiger partial charge in [-0.2, -0.15) is 8.78 Å². The number of carbonyl (C=O) groups is 1. The molecular formula is C25H24ClF2N3O3. The molecule has 1 aromatic heterocycles. The van der Waals surface area contributed by atoms with Gasteiger partial charge in [-0.15, -0.1) is 0 Å². The lowest BCUT2D eigenvalue weighted by Gasteiger charge is -2.32. The molecule has 6 nitrogen and oxygen atoms in total. The van der Waals surface area contributed by atoms with E-state index in [1.807, 2.05) is 28.8 Å². The summed E-state index contributed by atoms with van der Waals surface area (Å²) in [4.78, 5) is 18.2. The Kier molecular flexibility index (Phi) is 6.16. The maximum absolute atomic E-state index is 13.6. The Morgan fingerprint density at radius 2 is 1.94 bits per heavy atom. The number of hydrogen-bond donors (Lipinski definition) is 1. The summed E-state index contributed by atoms with van der Waals surface area (Å²) in [5.41, 5.74) is 2.60. The molecule has 0 radical (unpaired) electrons. The minimum absolute atomic E-state index is 0.0641. The summed E-state index contributed by atoms with van der Waals surface area (Å²) in [5, 5.41) is 3.53. The van der Waals surface area contributed by atoms with Crippen LogP contribution in [0, 0.1) is 0 Å². The number of aromatic nitrogens is 2. The number of fused-ring (bicyclic) bond motifs is 3. The van der Waals surface area contributed by atoms with E-state index in [0.717, 1.165) is 37.6 Å². The third kappa shape index (κ3) is 4.22. The average molecular weight is 488 g/mol. The quantitative estimate of drug-likeness (QED) is 0.418. The van der Waals surface area contributed by atoms with Gasteiger partial charge in [0.1, 0.15) is 11.9 Å². The van der Waals surface area contributed by atoms with Crippen LogP contribution in [0.5, 0.6) is 5.75 Å². The first-order valence-electron chi connectivity index (χ1n) is 11.3. The van der Waals surface area contributed by atoms with E-state index in [-0.39, 0.29) is 11.9 Å². The number of alkyl halides is 2. The van der Waals surface area contributed by atoms with Crippen LogP contribution in [0.3, 0.4) is 0 Å². The molecule has 1 atom stereocenters. The smallest absolute Gasteiger partial charge is 0.387 e. The summed E-state index contributed by atoms with van der Waals surface area (Å²) in [5.74, 6) is -0.0695. The summed E-state index contributed by atoms with van der Waals surface area (Å²) in [6.07, 6.45) is 4.60. The minimum atomic E-state index is -3.04. The fourth-order valence-corrected chi connectivity index (χ4v) is 5.04. The number of esters is 1. The van der Waals surface area contributed by atoms with Crippen LogP contribution >= 0.6 is 11.6 Å². The largest absolute Gasteiger partial charge is 0.459 e. The molecule has 0 unspecified atom stereocenters. The van der Waals surface area contributed by atoms with Crippen LogP contribution in [0.4, 0.5) is 14.7 Å². The fraction of sp³-hybridized carbons (Fsp3) is 0.360. The topological polar surface area (TPSA) is 65.4 Å². The molecule has 1 N–H and O–H groups in total. The number of nitrogens with one attached hydrogen (secondary N) is 1. The Morgan fingerprint density at radius 1 is 1.18 bits per heavy atom. The number of para-hydroxylation sites is 2. The van der Waals surface area contributed by atoms with Gasteiger partial charge >= 0.3 is 12.6 Å². The Balaban J connectivity index is 1.68. The van der Waals surface area contributed by atoms with Crippen molar-refractivity contribution in [1.82, 2.24) is 9.55 Å². The highest BCUT2D eigenvalue weighted by molar-refractivity contribution is 6.30. The highest BCUT2D eigenvalue weighted by Crippen LogP contribution is 2.44. The van der Waals surface area contributed by atoms with Gasteiger partial charge < -0.3 is 14.8 Å². The number of benzene rings is 2. The second-order valence-electron chi connectivity index (χ2n) is 8.59. The molecule has 3 aromatic rings. The van der Waals surface area contributed by atoms with Gasteiger partial charge in [-0.25, -0.2) is 9.78 Å². The van der Waals surface area contributed by atoms with Crippen molar-refractivity contribution >= 4 is 34.6 Å². The van der Waals surface area contributed by atoms with Gasteiger partial charge in [0.25, 0.3) is 0 Å². The summed E-state index contributed by atoms with van der Waals surface area (Å²) in [7, 11) is 0. The third-order valence-electron chi connectivity index (χ3n) is 6.36. The van der Waals surface area contributed by atoms with Crippen molar-refractivity contribution < 1.29 is 23.0 Å². The van der Waals surface area contributed by atoms with Gasteiger partial charge in [0.2, 0.25) is 5.95 Å². The average Bonchev–Trinajstić information content (AvgIpc) is 3.17. The monoisotopic (exact) mass is 487 g/mol. The first-order valence-corrected chi connectivity index (χ1v) is 11.7. The van der Waals surface area contributed by atoms with Crippen molar-refractivity contribution in [2.24, 2.45) is 0 Å². The maximum atomic E-state index is 13.6. The van der Waals surface area contributed by atoms with Crippen molar-refractivity contribution in [1.29, 1.82) is 0 Å². The molecular weight excluding hydrogens is 464 g/mol. The van der Waals surface area contributed by atoms with E-state index < -0.39 is 18.6 Å². The minimum Gasteiger partial charge on any atom is -0.459 e. The number of hydrogen-bond acceptors (Lipinski definition) is 5. The highest BCUT2D eigenvalue weighted by atomic mass is 35.5. The normalized spacial score (nSPS) is 18.7. The molecule has 2 aromatic carbocycles. The Bertz CT molecular complexity index is 1270. The number of carbonyl (C=O) groups excluding carboxylic acids is 1. The fourth-order valence-electron chi connectivity index (χ4n) is 4.86. The van der Waals surface area contributed by atoms with E-state index in [4.69, 9.17) is 21.1 Å². The van der Waals surface area contributed by atoms with Crippen molar-refractivity contribution in [2.45, 2.75) is 57.8 Å². The SMILES string of the molecule is CC1=C(C(=O)OC2CCCCC2)[C@@H](c2cc(Cl)ccc2OC(F)F)n2c(nc3ccccc32)N1. The number of ether oxygens (including phenoxy) is 2. The number of nitrogens with zero attached hydrogens (tertiary/aromatic N) is 2. The van der Waals surface area contributed by atoms with Crippen molar-refractivity contribution in [2.75, 3.05) is 5.32 Å². The molecule has 1 aliphatic carbocycles. The van der Waals surface area contributed by atoms with Crippen LogP contribution in [0.1, 0.15) is 50.6 Å². The zero-order chi connectivity index (χ0) is 23.8. The van der Waals surface area contributed by atoms with Gasteiger partial charge in [-0.1, -0.05) is 30.2 Å². The molecule has 1 aliphatic heterocycles. The van der Waals surface area contributed by atoms with Crippen LogP contribution in [0.15, 0.2) is 53.7 Å². The third-order valence-corrected chi connectivity index (χ3v) is 6.59. The van der Waals surface area contributed by atoms with Gasteiger partial charge in [-0.05, 0) is 62.9 Å². The maximum Gasteiger partial charge on any atom is 0.387 e. The van der Waals surface area contributed by atoms with Crippen LogP contribution in [-0.2, 0) is 9.53 Å². The highest BCUT2D eigenvalue weighted by Gasteiger charge is 2.38. The lowest BCUT2D eigenvalue weighted by atomic mass is 9.93. The van der Waals surface area contributed by atoms with Gasteiger partial charge in [0.15, 0.2) is 0 Å². The van der Waals surface area contributed by atoms with Crippen LogP contribution < -0.4 is 10.1 Å². The van der Waals surface area contributed by atoms with Crippen LogP contribution in [0.2, 0.25) is 5.02 Å².